The van der Waals surface area contributed by atoms with Crippen molar-refractivity contribution in [2.24, 2.45) is 21.7 Å². The number of carbonyl (C=O) groups excluding carboxylic acids is 8. The summed E-state index contributed by atoms with van der Waals surface area (Å²) < 4.78 is 39.1. The van der Waals surface area contributed by atoms with E-state index in [9.17, 15) is 38.4 Å². The Hall–Kier alpha value is -6.08. The first-order valence-corrected chi connectivity index (χ1v) is 21.8. The Morgan fingerprint density at radius 3 is 1.07 bits per heavy atom. The molecule has 0 heterocycles. The second-order valence-electron chi connectivity index (χ2n) is 18.4. The molecule has 2 rings (SSSR count). The molecule has 70 heavy (non-hydrogen) atoms. The van der Waals surface area contributed by atoms with E-state index in [-0.39, 0.29) is 89.9 Å². The molecular weight excluding hydrogens is 913 g/mol. The van der Waals surface area contributed by atoms with E-state index in [1.165, 1.54) is 0 Å². The van der Waals surface area contributed by atoms with Crippen molar-refractivity contribution in [2.75, 3.05) is 53.1 Å². The minimum atomic E-state index is -0.718. The van der Waals surface area contributed by atoms with E-state index in [2.05, 4.69) is 91.7 Å². The molecule has 0 saturated heterocycles. The largest absolute Gasteiger partial charge is 0.463 e. The summed E-state index contributed by atoms with van der Waals surface area (Å²) >= 11 is 0. The van der Waals surface area contributed by atoms with Crippen LogP contribution in [-0.4, -0.2) is 113 Å². The van der Waals surface area contributed by atoms with Crippen LogP contribution in [0.25, 0.3) is 0 Å². The van der Waals surface area contributed by atoms with Crippen LogP contribution in [0.15, 0.2) is 50.6 Å². The van der Waals surface area contributed by atoms with Crippen LogP contribution in [0, 0.1) is 21.7 Å². The average molecular weight is 1000 g/mol. The molecule has 2 saturated carbocycles. The quantitative estimate of drug-likeness (QED) is 0.0231. The van der Waals surface area contributed by atoms with E-state index in [1.54, 1.807) is 0 Å². The van der Waals surface area contributed by atoms with Gasteiger partial charge in [-0.1, -0.05) is 97.6 Å². The van der Waals surface area contributed by atoms with Crippen LogP contribution >= 0.6 is 0 Å². The normalized spacial score (nSPS) is 19.9. The molecule has 404 valence electrons. The zero-order valence-corrected chi connectivity index (χ0v) is 39.6. The van der Waals surface area contributed by atoms with Crippen LogP contribution < -0.4 is 21.3 Å². The summed E-state index contributed by atoms with van der Waals surface area (Å²) in [6.07, 6.45) is 8.57. The summed E-state index contributed by atoms with van der Waals surface area (Å²) in [6.45, 7) is 26.3. The molecule has 20 nitrogen and oxygen atoms in total. The molecule has 0 aromatic heterocycles. The van der Waals surface area contributed by atoms with Crippen molar-refractivity contribution in [1.82, 2.24) is 21.3 Å². The van der Waals surface area contributed by atoms with Gasteiger partial charge in [-0.2, -0.15) is 0 Å². The Morgan fingerprint density at radius 1 is 0.429 bits per heavy atom. The molecule has 0 bridgehead atoms. The molecule has 2 aliphatic rings. The second-order valence-corrected chi connectivity index (χ2v) is 18.4. The summed E-state index contributed by atoms with van der Waals surface area (Å²) in [4.78, 5) is 92.1. The van der Waals surface area contributed by atoms with Crippen LogP contribution in [0.5, 0.6) is 0 Å². The number of carbonyl (C=O) groups is 8. The van der Waals surface area contributed by atoms with Gasteiger partial charge in [0, 0.05) is 49.5 Å². The molecule has 0 spiro atoms. The van der Waals surface area contributed by atoms with Crippen LogP contribution in [-0.2, 0) is 57.1 Å². The van der Waals surface area contributed by atoms with E-state index in [0.29, 0.717) is 58.0 Å². The number of nitrogens with one attached hydrogen (secondary N) is 4. The molecule has 2 fully saturated rings. The average Bonchev–Trinajstić information content (AvgIpc) is 3.23. The minimum absolute atomic E-state index is 0. The highest BCUT2D eigenvalue weighted by atomic mass is 16.7. The summed E-state index contributed by atoms with van der Waals surface area (Å²) in [5.74, 6) is -2.32. The Bertz CT molecular complexity index is 1680. The van der Waals surface area contributed by atoms with E-state index >= 15 is 0 Å². The lowest BCUT2D eigenvalue weighted by Crippen LogP contribution is -2.50. The van der Waals surface area contributed by atoms with Crippen molar-refractivity contribution in [1.29, 1.82) is 0 Å². The zero-order valence-electron chi connectivity index (χ0n) is 39.6. The third kappa shape index (κ3) is 32.6. The van der Waals surface area contributed by atoms with Gasteiger partial charge in [-0.05, 0) is 85.9 Å². The topological polar surface area (TPSA) is 259 Å². The van der Waals surface area contributed by atoms with Crippen molar-refractivity contribution < 1.29 is 76.3 Å². The molecule has 0 radical (unpaired) electrons. The Labute approximate surface area is 417 Å². The number of ether oxygens (including phenoxy) is 8. The summed E-state index contributed by atoms with van der Waals surface area (Å²) in [7, 11) is 0. The first-order chi connectivity index (χ1) is 31.0. The fraction of sp³-hybridized carbons (Fsp3) is 0.680. The maximum absolute atomic E-state index is 12.3. The van der Waals surface area contributed by atoms with Gasteiger partial charge in [0.05, 0.1) is 26.4 Å². The maximum Gasteiger partial charge on any atom is 0.410 e. The Kier molecular flexibility index (Phi) is 36.2. The highest BCUT2D eigenvalue weighted by Crippen LogP contribution is 2.47. The Morgan fingerprint density at radius 2 is 0.714 bits per heavy atom. The smallest absolute Gasteiger partial charge is 0.410 e. The molecular formula is C50H88N4O16. The Balaban J connectivity index is -0.000000597. The first kappa shape index (κ1) is 70.5. The van der Waals surface area contributed by atoms with E-state index in [1.807, 2.05) is 6.92 Å². The standard InChI is InChI=1S/C26H42N2O8.C20H30N2O8.4CH4/c1-6-21(29)33-12-8-10-14-35-23(31)27-19-26(5)17-20(16-25(3,4)18-26)28-24(32)36-15-11-9-13-34-22(30)7-2;1-6-15(23)27-12-29-17(25)21-11-20(5)9-14(8-19(3,4)10-20)22-18(26)30-13-28-16(24)7-2;;;;/h6-7,20H,1-2,8-19H2,3-5H3,(H,27,31)(H,28,32);6-7,14H,1-2,8-13H2,3-5H3,(H,21,25)(H,22,26);4*1H4. The lowest BCUT2D eigenvalue weighted by atomic mass is 9.62. The lowest BCUT2D eigenvalue weighted by molar-refractivity contribution is -0.146. The molecule has 2 aliphatic carbocycles. The summed E-state index contributed by atoms with van der Waals surface area (Å²) in [5.41, 5.74) is -0.696. The van der Waals surface area contributed by atoms with Gasteiger partial charge in [-0.25, -0.2) is 38.4 Å². The van der Waals surface area contributed by atoms with Gasteiger partial charge in [0.15, 0.2) is 0 Å². The molecule has 4 amide bonds. The first-order valence-electron chi connectivity index (χ1n) is 21.8. The molecule has 20 heteroatoms. The number of hydrogen-bond acceptors (Lipinski definition) is 16. The van der Waals surface area contributed by atoms with Crippen molar-refractivity contribution >= 4 is 48.3 Å². The highest BCUT2D eigenvalue weighted by molar-refractivity contribution is 5.82. The van der Waals surface area contributed by atoms with Gasteiger partial charge in [0.2, 0.25) is 13.6 Å². The third-order valence-electron chi connectivity index (χ3n) is 10.3. The molecule has 4 unspecified atom stereocenters. The predicted octanol–water partition coefficient (Wildman–Crippen LogP) is 8.98. The fourth-order valence-corrected chi connectivity index (χ4v) is 8.43. The van der Waals surface area contributed by atoms with Crippen LogP contribution in [0.1, 0.15) is 135 Å². The van der Waals surface area contributed by atoms with E-state index in [0.717, 1.165) is 43.6 Å². The minimum Gasteiger partial charge on any atom is -0.463 e. The van der Waals surface area contributed by atoms with Gasteiger partial charge >= 0.3 is 48.3 Å². The van der Waals surface area contributed by atoms with E-state index < -0.39 is 61.8 Å². The number of amides is 4. The predicted molar refractivity (Wildman–Crippen MR) is 267 cm³/mol. The lowest BCUT2D eigenvalue weighted by Gasteiger charge is -2.46. The van der Waals surface area contributed by atoms with Gasteiger partial charge < -0.3 is 59.2 Å². The molecule has 0 aliphatic heterocycles. The van der Waals surface area contributed by atoms with Gasteiger partial charge in [0.25, 0.3) is 0 Å². The number of alkyl carbamates (subject to hydrolysis) is 4. The van der Waals surface area contributed by atoms with Crippen molar-refractivity contribution in [3.05, 3.63) is 50.6 Å². The SMILES string of the molecule is C.C.C.C.C=CC(=O)OCCCCOC(=O)NCC1(C)CC(NC(=O)OCCCCOC(=O)C=C)CC(C)(C)C1.C=CC(=O)OCOC(=O)NCC1(C)CC(NC(=O)OCOC(=O)C=C)CC(C)(C)C1. The van der Waals surface area contributed by atoms with Crippen molar-refractivity contribution in [2.45, 2.75) is 148 Å². The molecule has 0 aromatic carbocycles. The third-order valence-corrected chi connectivity index (χ3v) is 10.3. The molecule has 4 N–H and O–H groups in total. The van der Waals surface area contributed by atoms with Crippen LogP contribution in [0.3, 0.4) is 0 Å². The van der Waals surface area contributed by atoms with Crippen molar-refractivity contribution in [3.8, 4) is 0 Å². The highest BCUT2D eigenvalue weighted by Gasteiger charge is 2.43. The molecule has 4 atom stereocenters. The van der Waals surface area contributed by atoms with E-state index in [4.69, 9.17) is 28.4 Å². The van der Waals surface area contributed by atoms with Gasteiger partial charge in [-0.3, -0.25) is 0 Å². The monoisotopic (exact) mass is 1000 g/mol. The number of esters is 4. The zero-order chi connectivity index (χ0) is 49.8. The summed E-state index contributed by atoms with van der Waals surface area (Å²) in [6, 6.07) is -0.288. The van der Waals surface area contributed by atoms with Crippen molar-refractivity contribution in [3.63, 3.8) is 0 Å². The van der Waals surface area contributed by atoms with Gasteiger partial charge in [-0.15, -0.1) is 0 Å². The second kappa shape index (κ2) is 35.9. The fourth-order valence-electron chi connectivity index (χ4n) is 8.43. The molecule has 0 aromatic rings. The maximum atomic E-state index is 12.3. The number of rotatable bonds is 24. The van der Waals surface area contributed by atoms with Gasteiger partial charge in [0.1, 0.15) is 0 Å². The summed E-state index contributed by atoms with van der Waals surface area (Å²) in [5, 5.41) is 11.2. The number of unbranched alkanes of at least 4 members (excludes halogenated alkanes) is 2. The number of hydrogen-bond donors (Lipinski definition) is 4. The van der Waals surface area contributed by atoms with Crippen LogP contribution in [0.2, 0.25) is 0 Å². The van der Waals surface area contributed by atoms with Crippen LogP contribution in [0.4, 0.5) is 19.2 Å².